The van der Waals surface area contributed by atoms with E-state index in [1.165, 1.54) is 0 Å². The molecule has 92 valence electrons. The number of nitrogens with zero attached hydrogens (tertiary/aromatic N) is 1. The molecule has 0 aliphatic rings. The summed E-state index contributed by atoms with van der Waals surface area (Å²) in [5, 5.41) is 0. The van der Waals surface area contributed by atoms with Gasteiger partial charge in [0.05, 0.1) is 5.56 Å². The van der Waals surface area contributed by atoms with E-state index in [1.807, 2.05) is 0 Å². The molecule has 0 spiro atoms. The van der Waals surface area contributed by atoms with E-state index >= 15 is 0 Å². The molecule has 0 unspecified atom stereocenters. The molecule has 2 aromatic rings. The number of ketones is 1. The fourth-order valence-electron chi connectivity index (χ4n) is 1.75. The second-order valence-electron chi connectivity index (χ2n) is 4.04. The van der Waals surface area contributed by atoms with Crippen LogP contribution in [-0.2, 0) is 0 Å². The van der Waals surface area contributed by atoms with Crippen molar-refractivity contribution in [1.29, 1.82) is 0 Å². The van der Waals surface area contributed by atoms with E-state index in [0.29, 0.717) is 17.3 Å². The number of aryl methyl sites for hydroxylation is 2. The summed E-state index contributed by atoms with van der Waals surface area (Å²) in [7, 11) is 0. The van der Waals surface area contributed by atoms with Gasteiger partial charge in [0, 0.05) is 23.0 Å². The molecule has 1 aromatic heterocycles. The number of hydrogen-bond acceptors (Lipinski definition) is 2. The molecule has 1 aromatic carbocycles. The van der Waals surface area contributed by atoms with Crippen LogP contribution in [0, 0.1) is 25.5 Å². The Morgan fingerprint density at radius 1 is 1.06 bits per heavy atom. The van der Waals surface area contributed by atoms with Crippen molar-refractivity contribution in [3.8, 4) is 0 Å². The first-order chi connectivity index (χ1) is 8.49. The van der Waals surface area contributed by atoms with Gasteiger partial charge in [-0.1, -0.05) is 0 Å². The van der Waals surface area contributed by atoms with Crippen molar-refractivity contribution in [2.24, 2.45) is 0 Å². The van der Waals surface area contributed by atoms with E-state index in [1.54, 1.807) is 26.0 Å². The zero-order chi connectivity index (χ0) is 13.3. The van der Waals surface area contributed by atoms with Crippen molar-refractivity contribution >= 4 is 5.78 Å². The van der Waals surface area contributed by atoms with Gasteiger partial charge in [-0.05, 0) is 38.1 Å². The lowest BCUT2D eigenvalue weighted by Gasteiger charge is -2.06. The number of halogens is 2. The zero-order valence-electron chi connectivity index (χ0n) is 10.00. The van der Waals surface area contributed by atoms with Gasteiger partial charge in [-0.15, -0.1) is 0 Å². The highest BCUT2D eigenvalue weighted by atomic mass is 19.1. The van der Waals surface area contributed by atoms with Gasteiger partial charge in [0.15, 0.2) is 5.78 Å². The van der Waals surface area contributed by atoms with Crippen molar-refractivity contribution in [2.45, 2.75) is 13.8 Å². The topological polar surface area (TPSA) is 30.0 Å². The monoisotopic (exact) mass is 247 g/mol. The number of hydrogen-bond donors (Lipinski definition) is 0. The summed E-state index contributed by atoms with van der Waals surface area (Å²) in [4.78, 5) is 16.3. The molecule has 0 radical (unpaired) electrons. The van der Waals surface area contributed by atoms with Gasteiger partial charge in [0.2, 0.25) is 0 Å². The summed E-state index contributed by atoms with van der Waals surface area (Å²) in [6.07, 6.45) is 0. The van der Waals surface area contributed by atoms with Crippen molar-refractivity contribution in [3.05, 3.63) is 64.5 Å². The summed E-state index contributed by atoms with van der Waals surface area (Å²) in [5.41, 5.74) is 1.49. The van der Waals surface area contributed by atoms with Crippen molar-refractivity contribution in [1.82, 2.24) is 4.98 Å². The van der Waals surface area contributed by atoms with Crippen molar-refractivity contribution < 1.29 is 13.6 Å². The predicted molar refractivity (Wildman–Crippen MR) is 63.5 cm³/mol. The standard InChI is InChI=1S/C14H11F2NO/c1-8-3-5-11(9(2)17-8)14(18)12-6-4-10(15)7-13(12)16/h3-7H,1-2H3. The highest BCUT2D eigenvalue weighted by Gasteiger charge is 2.17. The zero-order valence-corrected chi connectivity index (χ0v) is 10.00. The predicted octanol–water partition coefficient (Wildman–Crippen LogP) is 3.21. The lowest BCUT2D eigenvalue weighted by Crippen LogP contribution is -2.08. The third-order valence-electron chi connectivity index (χ3n) is 2.65. The molecule has 1 heterocycles. The van der Waals surface area contributed by atoms with Crippen LogP contribution >= 0.6 is 0 Å². The maximum absolute atomic E-state index is 13.5. The molecule has 0 atom stereocenters. The lowest BCUT2D eigenvalue weighted by molar-refractivity contribution is 0.103. The molecule has 0 aliphatic carbocycles. The maximum Gasteiger partial charge on any atom is 0.197 e. The summed E-state index contributed by atoms with van der Waals surface area (Å²) >= 11 is 0. The number of carbonyl (C=O) groups is 1. The molecule has 18 heavy (non-hydrogen) atoms. The molecule has 0 fully saturated rings. The molecule has 0 saturated carbocycles. The number of pyridine rings is 1. The molecule has 0 saturated heterocycles. The number of rotatable bonds is 2. The van der Waals surface area contributed by atoms with Gasteiger partial charge >= 0.3 is 0 Å². The Kier molecular flexibility index (Phi) is 3.19. The van der Waals surface area contributed by atoms with E-state index in [2.05, 4.69) is 4.98 Å². The quantitative estimate of drug-likeness (QED) is 0.763. The third kappa shape index (κ3) is 2.27. The summed E-state index contributed by atoms with van der Waals surface area (Å²) in [5.74, 6) is -2.06. The first-order valence-electron chi connectivity index (χ1n) is 5.43. The largest absolute Gasteiger partial charge is 0.288 e. The van der Waals surface area contributed by atoms with E-state index in [4.69, 9.17) is 0 Å². The van der Waals surface area contributed by atoms with Crippen LogP contribution in [0.3, 0.4) is 0 Å². The summed E-state index contributed by atoms with van der Waals surface area (Å²) in [6.45, 7) is 3.49. The average Bonchev–Trinajstić information content (AvgIpc) is 2.28. The minimum absolute atomic E-state index is 0.148. The lowest BCUT2D eigenvalue weighted by atomic mass is 10.0. The van der Waals surface area contributed by atoms with Crippen LogP contribution in [-0.4, -0.2) is 10.8 Å². The van der Waals surface area contributed by atoms with Gasteiger partial charge < -0.3 is 0 Å². The van der Waals surface area contributed by atoms with Gasteiger partial charge in [0.25, 0.3) is 0 Å². The molecular formula is C14H11F2NO. The van der Waals surface area contributed by atoms with Crippen molar-refractivity contribution in [3.63, 3.8) is 0 Å². The normalized spacial score (nSPS) is 10.4. The van der Waals surface area contributed by atoms with E-state index < -0.39 is 17.4 Å². The highest BCUT2D eigenvalue weighted by molar-refractivity contribution is 6.09. The van der Waals surface area contributed by atoms with Crippen LogP contribution in [0.2, 0.25) is 0 Å². The summed E-state index contributed by atoms with van der Waals surface area (Å²) in [6, 6.07) is 6.19. The van der Waals surface area contributed by atoms with Gasteiger partial charge in [0.1, 0.15) is 11.6 Å². The van der Waals surface area contributed by atoms with E-state index in [9.17, 15) is 13.6 Å². The van der Waals surface area contributed by atoms with E-state index in [-0.39, 0.29) is 5.56 Å². The van der Waals surface area contributed by atoms with Gasteiger partial charge in [-0.2, -0.15) is 0 Å². The molecule has 0 N–H and O–H groups in total. The Morgan fingerprint density at radius 3 is 2.33 bits per heavy atom. The molecule has 2 rings (SSSR count). The first kappa shape index (κ1) is 12.4. The Morgan fingerprint density at radius 2 is 1.72 bits per heavy atom. The smallest absolute Gasteiger partial charge is 0.197 e. The van der Waals surface area contributed by atoms with Crippen LogP contribution in [0.1, 0.15) is 27.3 Å². The van der Waals surface area contributed by atoms with Crippen LogP contribution in [0.4, 0.5) is 8.78 Å². The average molecular weight is 247 g/mol. The SMILES string of the molecule is Cc1ccc(C(=O)c2ccc(F)cc2F)c(C)n1. The number of benzene rings is 1. The van der Waals surface area contributed by atoms with Gasteiger partial charge in [-0.3, -0.25) is 9.78 Å². The second kappa shape index (κ2) is 4.64. The fourth-order valence-corrected chi connectivity index (χ4v) is 1.75. The molecule has 4 heteroatoms. The van der Waals surface area contributed by atoms with E-state index in [0.717, 1.165) is 17.8 Å². The van der Waals surface area contributed by atoms with Crippen LogP contribution < -0.4 is 0 Å². The fraction of sp³-hybridized carbons (Fsp3) is 0.143. The first-order valence-corrected chi connectivity index (χ1v) is 5.43. The Balaban J connectivity index is 2.48. The minimum Gasteiger partial charge on any atom is -0.288 e. The van der Waals surface area contributed by atoms with Crippen molar-refractivity contribution in [2.75, 3.05) is 0 Å². The highest BCUT2D eigenvalue weighted by Crippen LogP contribution is 2.17. The maximum atomic E-state index is 13.5. The molecule has 0 bridgehead atoms. The Labute approximate surface area is 103 Å². The number of aromatic nitrogens is 1. The molecule has 0 aliphatic heterocycles. The molecular weight excluding hydrogens is 236 g/mol. The van der Waals surface area contributed by atoms with Crippen LogP contribution in [0.5, 0.6) is 0 Å². The molecule has 2 nitrogen and oxygen atoms in total. The second-order valence-corrected chi connectivity index (χ2v) is 4.04. The van der Waals surface area contributed by atoms with Crippen LogP contribution in [0.15, 0.2) is 30.3 Å². The van der Waals surface area contributed by atoms with Crippen LogP contribution in [0.25, 0.3) is 0 Å². The number of carbonyl (C=O) groups excluding carboxylic acids is 1. The van der Waals surface area contributed by atoms with Gasteiger partial charge in [-0.25, -0.2) is 8.78 Å². The molecule has 0 amide bonds. The minimum atomic E-state index is -0.861. The third-order valence-corrected chi connectivity index (χ3v) is 2.65. The Bertz CT molecular complexity index is 570. The summed E-state index contributed by atoms with van der Waals surface area (Å²) < 4.78 is 26.3. The Hall–Kier alpha value is -2.10.